The Hall–Kier alpha value is -1.38. The SMILES string of the molecule is CCCCCC1=CC(C(C)(C)C)(C(C)(C)C)C(OC)(OC)C(c2cccc(CCCCC)c2C)=C1C. The molecule has 0 aromatic heterocycles. The fourth-order valence-corrected chi connectivity index (χ4v) is 7.22. The molecular weight excluding hydrogens is 440 g/mol. The van der Waals surface area contributed by atoms with Crippen molar-refractivity contribution in [3.05, 3.63) is 52.1 Å². The van der Waals surface area contributed by atoms with Crippen LogP contribution in [0.15, 0.2) is 35.4 Å². The summed E-state index contributed by atoms with van der Waals surface area (Å²) in [6, 6.07) is 6.85. The molecular formula is C34H56O2. The molecule has 0 atom stereocenters. The molecule has 0 bridgehead atoms. The van der Waals surface area contributed by atoms with Gasteiger partial charge in [0, 0.05) is 19.8 Å². The number of aryl methyl sites for hydroxylation is 1. The number of allylic oxidation sites excluding steroid dienone is 2. The third-order valence-electron chi connectivity index (χ3n) is 8.85. The minimum absolute atomic E-state index is 0.119. The van der Waals surface area contributed by atoms with E-state index in [2.05, 4.69) is 93.5 Å². The lowest BCUT2D eigenvalue weighted by Crippen LogP contribution is -2.64. The Labute approximate surface area is 223 Å². The van der Waals surface area contributed by atoms with E-state index in [0.29, 0.717) is 0 Å². The second kappa shape index (κ2) is 12.0. The van der Waals surface area contributed by atoms with E-state index >= 15 is 0 Å². The van der Waals surface area contributed by atoms with Crippen molar-refractivity contribution in [1.29, 1.82) is 0 Å². The van der Waals surface area contributed by atoms with Gasteiger partial charge in [-0.05, 0) is 78.2 Å². The van der Waals surface area contributed by atoms with Crippen LogP contribution >= 0.6 is 0 Å². The van der Waals surface area contributed by atoms with Crippen LogP contribution in [0.2, 0.25) is 0 Å². The molecule has 0 heterocycles. The molecule has 0 saturated heterocycles. The van der Waals surface area contributed by atoms with Crippen molar-refractivity contribution in [3.63, 3.8) is 0 Å². The number of rotatable bonds is 11. The summed E-state index contributed by atoms with van der Waals surface area (Å²) in [6.45, 7) is 23.3. The van der Waals surface area contributed by atoms with Crippen LogP contribution in [0.5, 0.6) is 0 Å². The first-order chi connectivity index (χ1) is 16.8. The molecule has 1 aliphatic rings. The molecule has 204 valence electrons. The lowest BCUT2D eigenvalue weighted by molar-refractivity contribution is -0.277. The highest BCUT2D eigenvalue weighted by atomic mass is 16.7. The van der Waals surface area contributed by atoms with Gasteiger partial charge in [0.05, 0.1) is 5.41 Å². The van der Waals surface area contributed by atoms with Crippen molar-refractivity contribution < 1.29 is 9.47 Å². The summed E-state index contributed by atoms with van der Waals surface area (Å²) in [4.78, 5) is 0. The standard InChI is InChI=1S/C34H56O2/c1-13-15-17-20-27-22-19-23-29(25(27)3)30-26(4)28(21-18-16-14-2)24-33(31(5,6)7,32(8,9)10)34(30,35-11)36-12/h19,22-24H,13-18,20-21H2,1-12H3. The largest absolute Gasteiger partial charge is 0.348 e. The summed E-state index contributed by atoms with van der Waals surface area (Å²) in [6.07, 6.45) is 12.2. The molecule has 1 aliphatic carbocycles. The molecule has 1 aromatic rings. The Bertz CT molecular complexity index is 915. The number of unbranched alkanes of at least 4 members (excludes halogenated alkanes) is 4. The van der Waals surface area contributed by atoms with Crippen LogP contribution in [0, 0.1) is 23.2 Å². The zero-order chi connectivity index (χ0) is 27.4. The van der Waals surface area contributed by atoms with Crippen LogP contribution in [-0.2, 0) is 15.9 Å². The van der Waals surface area contributed by atoms with E-state index in [9.17, 15) is 0 Å². The van der Waals surface area contributed by atoms with Gasteiger partial charge in [0.25, 0.3) is 0 Å². The number of hydrogen-bond donors (Lipinski definition) is 0. The van der Waals surface area contributed by atoms with Gasteiger partial charge >= 0.3 is 0 Å². The van der Waals surface area contributed by atoms with Crippen molar-refractivity contribution in [2.45, 2.75) is 126 Å². The van der Waals surface area contributed by atoms with Crippen molar-refractivity contribution >= 4 is 5.57 Å². The lowest BCUT2D eigenvalue weighted by Gasteiger charge is -2.63. The maximum absolute atomic E-state index is 6.68. The first kappa shape index (κ1) is 30.8. The molecule has 0 N–H and O–H groups in total. The minimum Gasteiger partial charge on any atom is -0.348 e. The molecule has 1 aromatic carbocycles. The highest BCUT2D eigenvalue weighted by Crippen LogP contribution is 2.67. The highest BCUT2D eigenvalue weighted by Gasteiger charge is 2.67. The Kier molecular flexibility index (Phi) is 10.3. The summed E-state index contributed by atoms with van der Waals surface area (Å²) < 4.78 is 13.4. The van der Waals surface area contributed by atoms with Gasteiger partial charge in [-0.1, -0.05) is 105 Å². The van der Waals surface area contributed by atoms with Gasteiger partial charge in [-0.3, -0.25) is 0 Å². The Morgan fingerprint density at radius 1 is 0.750 bits per heavy atom. The van der Waals surface area contributed by atoms with E-state index in [1.54, 1.807) is 0 Å². The molecule has 0 amide bonds. The highest BCUT2D eigenvalue weighted by molar-refractivity contribution is 5.82. The Morgan fingerprint density at radius 3 is 1.75 bits per heavy atom. The van der Waals surface area contributed by atoms with Crippen molar-refractivity contribution in [2.24, 2.45) is 16.2 Å². The molecule has 36 heavy (non-hydrogen) atoms. The molecule has 0 radical (unpaired) electrons. The fourth-order valence-electron chi connectivity index (χ4n) is 7.22. The van der Waals surface area contributed by atoms with Gasteiger partial charge in [-0.15, -0.1) is 0 Å². The normalized spacial score (nSPS) is 17.9. The molecule has 0 saturated carbocycles. The van der Waals surface area contributed by atoms with Crippen LogP contribution in [0.4, 0.5) is 0 Å². The second-order valence-electron chi connectivity index (χ2n) is 13.0. The minimum atomic E-state index is -0.908. The first-order valence-electron chi connectivity index (χ1n) is 14.4. The summed E-state index contributed by atoms with van der Waals surface area (Å²) in [5.74, 6) is -0.908. The quantitative estimate of drug-likeness (QED) is 0.224. The van der Waals surface area contributed by atoms with Crippen LogP contribution < -0.4 is 0 Å². The topological polar surface area (TPSA) is 18.5 Å². The smallest absolute Gasteiger partial charge is 0.205 e. The van der Waals surface area contributed by atoms with Gasteiger partial charge in [0.2, 0.25) is 5.79 Å². The average Bonchev–Trinajstić information content (AvgIpc) is 2.80. The number of ether oxygens (including phenoxy) is 2. The Morgan fingerprint density at radius 2 is 1.28 bits per heavy atom. The van der Waals surface area contributed by atoms with Crippen LogP contribution in [-0.4, -0.2) is 20.0 Å². The molecule has 2 nitrogen and oxygen atoms in total. The maximum Gasteiger partial charge on any atom is 0.205 e. The summed E-state index contributed by atoms with van der Waals surface area (Å²) in [5.41, 5.74) is 7.48. The zero-order valence-corrected chi connectivity index (χ0v) is 25.8. The van der Waals surface area contributed by atoms with Gasteiger partial charge in [-0.25, -0.2) is 0 Å². The van der Waals surface area contributed by atoms with Crippen LogP contribution in [0.1, 0.15) is 124 Å². The predicted octanol–water partition coefficient (Wildman–Crippen LogP) is 10.1. The van der Waals surface area contributed by atoms with Crippen LogP contribution in [0.25, 0.3) is 5.57 Å². The predicted molar refractivity (Wildman–Crippen MR) is 157 cm³/mol. The molecule has 0 unspecified atom stereocenters. The molecule has 0 aliphatic heterocycles. The molecule has 2 rings (SSSR count). The third-order valence-corrected chi connectivity index (χ3v) is 8.85. The first-order valence-corrected chi connectivity index (χ1v) is 14.4. The van der Waals surface area contributed by atoms with Crippen molar-refractivity contribution in [3.8, 4) is 0 Å². The molecule has 2 heteroatoms. The summed E-state index contributed by atoms with van der Waals surface area (Å²) >= 11 is 0. The monoisotopic (exact) mass is 496 g/mol. The second-order valence-corrected chi connectivity index (χ2v) is 13.0. The van der Waals surface area contributed by atoms with Gasteiger partial charge in [0.1, 0.15) is 0 Å². The van der Waals surface area contributed by atoms with E-state index < -0.39 is 11.2 Å². The maximum atomic E-state index is 6.68. The average molecular weight is 497 g/mol. The summed E-state index contributed by atoms with van der Waals surface area (Å²) in [5, 5.41) is 0. The van der Waals surface area contributed by atoms with Crippen molar-refractivity contribution in [1.82, 2.24) is 0 Å². The number of methoxy groups -OCH3 is 2. The molecule has 0 fully saturated rings. The number of hydrogen-bond acceptors (Lipinski definition) is 2. The van der Waals surface area contributed by atoms with E-state index in [1.807, 2.05) is 14.2 Å². The van der Waals surface area contributed by atoms with Gasteiger partial charge < -0.3 is 9.47 Å². The third kappa shape index (κ3) is 5.28. The van der Waals surface area contributed by atoms with Gasteiger partial charge in [0.15, 0.2) is 0 Å². The zero-order valence-electron chi connectivity index (χ0n) is 25.8. The van der Waals surface area contributed by atoms with E-state index in [1.165, 1.54) is 71.9 Å². The lowest BCUT2D eigenvalue weighted by atomic mass is 9.46. The summed E-state index contributed by atoms with van der Waals surface area (Å²) in [7, 11) is 3.69. The Balaban J connectivity index is 2.97. The van der Waals surface area contributed by atoms with Gasteiger partial charge in [-0.2, -0.15) is 0 Å². The fraction of sp³-hybridized carbons (Fsp3) is 0.706. The van der Waals surface area contributed by atoms with Crippen molar-refractivity contribution in [2.75, 3.05) is 14.2 Å². The number of benzene rings is 1. The van der Waals surface area contributed by atoms with E-state index in [-0.39, 0.29) is 10.8 Å². The van der Waals surface area contributed by atoms with E-state index in [0.717, 1.165) is 12.8 Å². The molecule has 0 spiro atoms. The van der Waals surface area contributed by atoms with Crippen LogP contribution in [0.3, 0.4) is 0 Å². The van der Waals surface area contributed by atoms with E-state index in [4.69, 9.17) is 9.47 Å².